The molecule has 1 aromatic carbocycles. The van der Waals surface area contributed by atoms with Crippen molar-refractivity contribution in [1.82, 2.24) is 10.3 Å². The minimum atomic E-state index is -0.259. The molecule has 0 unspecified atom stereocenters. The first kappa shape index (κ1) is 13.5. The minimum absolute atomic E-state index is 0.250. The van der Waals surface area contributed by atoms with Crippen molar-refractivity contribution in [2.45, 2.75) is 6.42 Å². The van der Waals surface area contributed by atoms with Gasteiger partial charge in [-0.25, -0.2) is 9.37 Å². The highest BCUT2D eigenvalue weighted by Gasteiger charge is 2.06. The number of amides is 1. The van der Waals surface area contributed by atoms with Crippen molar-refractivity contribution in [3.8, 4) is 0 Å². The zero-order chi connectivity index (χ0) is 13.7. The van der Waals surface area contributed by atoms with E-state index in [9.17, 15) is 9.18 Å². The molecule has 3 nitrogen and oxygen atoms in total. The number of pyridine rings is 1. The van der Waals surface area contributed by atoms with Gasteiger partial charge in [0.2, 0.25) is 0 Å². The van der Waals surface area contributed by atoms with Crippen LogP contribution in [-0.2, 0) is 6.42 Å². The van der Waals surface area contributed by atoms with Gasteiger partial charge in [0, 0.05) is 12.7 Å². The summed E-state index contributed by atoms with van der Waals surface area (Å²) in [5, 5.41) is 3.04. The third-order valence-corrected chi connectivity index (χ3v) is 2.85. The molecule has 5 heteroatoms. The van der Waals surface area contributed by atoms with Gasteiger partial charge in [-0.05, 0) is 30.2 Å². The number of carbonyl (C=O) groups is 1. The maximum absolute atomic E-state index is 13.3. The number of benzene rings is 1. The van der Waals surface area contributed by atoms with Gasteiger partial charge < -0.3 is 5.32 Å². The Morgan fingerprint density at radius 2 is 2.05 bits per heavy atom. The Hall–Kier alpha value is -1.94. The van der Waals surface area contributed by atoms with Gasteiger partial charge in [-0.2, -0.15) is 0 Å². The molecule has 0 fully saturated rings. The molecular weight excluding hydrogens is 267 g/mol. The first-order chi connectivity index (χ1) is 9.16. The zero-order valence-electron chi connectivity index (χ0n) is 10.1. The largest absolute Gasteiger partial charge is 0.352 e. The first-order valence-electron chi connectivity index (χ1n) is 5.80. The lowest BCUT2D eigenvalue weighted by Crippen LogP contribution is -2.25. The quantitative estimate of drug-likeness (QED) is 0.874. The minimum Gasteiger partial charge on any atom is -0.352 e. The Balaban J connectivity index is 1.88. The highest BCUT2D eigenvalue weighted by Crippen LogP contribution is 2.07. The molecular formula is C14H12ClFN2O. The maximum Gasteiger partial charge on any atom is 0.252 e. The molecule has 1 N–H and O–H groups in total. The number of halogens is 2. The summed E-state index contributed by atoms with van der Waals surface area (Å²) in [5.74, 6) is -0.509. The highest BCUT2D eigenvalue weighted by molar-refractivity contribution is 6.29. The summed E-state index contributed by atoms with van der Waals surface area (Å²) in [7, 11) is 0. The Labute approximate surface area is 115 Å². The second-order valence-corrected chi connectivity index (χ2v) is 4.35. The molecule has 1 aromatic heterocycles. The molecule has 0 saturated heterocycles. The normalized spacial score (nSPS) is 10.2. The molecule has 19 heavy (non-hydrogen) atoms. The van der Waals surface area contributed by atoms with Gasteiger partial charge >= 0.3 is 0 Å². The molecule has 0 radical (unpaired) electrons. The predicted molar refractivity (Wildman–Crippen MR) is 71.7 cm³/mol. The number of hydrogen-bond donors (Lipinski definition) is 1. The van der Waals surface area contributed by atoms with Crippen LogP contribution in [0.2, 0.25) is 5.15 Å². The standard InChI is InChI=1S/C14H12ClFN2O/c15-13-6-5-11(9-18-13)14(19)17-8-7-10-3-1-2-4-12(10)16/h1-6,9H,7-8H2,(H,17,19). The highest BCUT2D eigenvalue weighted by atomic mass is 35.5. The Kier molecular flexibility index (Phi) is 4.47. The number of hydrogen-bond acceptors (Lipinski definition) is 2. The van der Waals surface area contributed by atoms with E-state index < -0.39 is 0 Å². The smallest absolute Gasteiger partial charge is 0.252 e. The van der Waals surface area contributed by atoms with Gasteiger partial charge in [-0.1, -0.05) is 29.8 Å². The van der Waals surface area contributed by atoms with Gasteiger partial charge in [0.1, 0.15) is 11.0 Å². The van der Waals surface area contributed by atoms with Crippen LogP contribution >= 0.6 is 11.6 Å². The van der Waals surface area contributed by atoms with Crippen LogP contribution in [0.25, 0.3) is 0 Å². The molecule has 0 aliphatic carbocycles. The molecule has 0 saturated carbocycles. The lowest BCUT2D eigenvalue weighted by molar-refractivity contribution is 0.0953. The molecule has 98 valence electrons. The van der Waals surface area contributed by atoms with E-state index in [1.54, 1.807) is 30.3 Å². The van der Waals surface area contributed by atoms with Gasteiger partial charge in [0.05, 0.1) is 5.56 Å². The fourth-order valence-electron chi connectivity index (χ4n) is 1.62. The fraction of sp³-hybridized carbons (Fsp3) is 0.143. The van der Waals surface area contributed by atoms with Crippen molar-refractivity contribution in [2.24, 2.45) is 0 Å². The summed E-state index contributed by atoms with van der Waals surface area (Å²) in [6.07, 6.45) is 1.85. The van der Waals surface area contributed by atoms with Gasteiger partial charge in [0.25, 0.3) is 5.91 Å². The summed E-state index contributed by atoms with van der Waals surface area (Å²) < 4.78 is 13.3. The van der Waals surface area contributed by atoms with Crippen molar-refractivity contribution < 1.29 is 9.18 Å². The second-order valence-electron chi connectivity index (χ2n) is 3.97. The van der Waals surface area contributed by atoms with Crippen LogP contribution in [-0.4, -0.2) is 17.4 Å². The van der Waals surface area contributed by atoms with Crippen LogP contribution < -0.4 is 5.32 Å². The molecule has 0 aliphatic heterocycles. The molecule has 0 bridgehead atoms. The lowest BCUT2D eigenvalue weighted by Gasteiger charge is -2.06. The third-order valence-electron chi connectivity index (χ3n) is 2.63. The molecule has 0 spiro atoms. The van der Waals surface area contributed by atoms with E-state index in [0.717, 1.165) is 0 Å². The number of rotatable bonds is 4. The first-order valence-corrected chi connectivity index (χ1v) is 6.18. The number of nitrogens with one attached hydrogen (secondary N) is 1. The van der Waals surface area contributed by atoms with Crippen molar-refractivity contribution >= 4 is 17.5 Å². The summed E-state index contributed by atoms with van der Waals surface area (Å²) >= 11 is 5.63. The van der Waals surface area contributed by atoms with Crippen LogP contribution in [0.3, 0.4) is 0 Å². The molecule has 0 aliphatic rings. The Morgan fingerprint density at radius 1 is 1.26 bits per heavy atom. The van der Waals surface area contributed by atoms with Crippen LogP contribution in [0.1, 0.15) is 15.9 Å². The fourth-order valence-corrected chi connectivity index (χ4v) is 1.74. The van der Waals surface area contributed by atoms with Crippen molar-refractivity contribution in [3.63, 3.8) is 0 Å². The van der Waals surface area contributed by atoms with E-state index in [4.69, 9.17) is 11.6 Å². The van der Waals surface area contributed by atoms with E-state index in [2.05, 4.69) is 10.3 Å². The number of carbonyl (C=O) groups excluding carboxylic acids is 1. The van der Waals surface area contributed by atoms with Crippen LogP contribution in [0.4, 0.5) is 4.39 Å². The molecule has 1 heterocycles. The maximum atomic E-state index is 13.3. The van der Waals surface area contributed by atoms with Gasteiger partial charge in [-0.15, -0.1) is 0 Å². The van der Waals surface area contributed by atoms with E-state index in [-0.39, 0.29) is 11.7 Å². The van der Waals surface area contributed by atoms with E-state index in [0.29, 0.717) is 29.2 Å². The summed E-state index contributed by atoms with van der Waals surface area (Å²) in [6.45, 7) is 0.363. The van der Waals surface area contributed by atoms with Crippen molar-refractivity contribution in [1.29, 1.82) is 0 Å². The molecule has 0 atom stereocenters. The van der Waals surface area contributed by atoms with Crippen molar-refractivity contribution in [2.75, 3.05) is 6.54 Å². The summed E-state index contributed by atoms with van der Waals surface area (Å²) in [4.78, 5) is 15.6. The second kappa shape index (κ2) is 6.29. The van der Waals surface area contributed by atoms with E-state index >= 15 is 0 Å². The Bertz CT molecular complexity index is 572. The molecule has 2 rings (SSSR count). The SMILES string of the molecule is O=C(NCCc1ccccc1F)c1ccc(Cl)nc1. The Morgan fingerprint density at radius 3 is 2.74 bits per heavy atom. The lowest BCUT2D eigenvalue weighted by atomic mass is 10.1. The number of nitrogens with zero attached hydrogens (tertiary/aromatic N) is 1. The zero-order valence-corrected chi connectivity index (χ0v) is 10.8. The van der Waals surface area contributed by atoms with Gasteiger partial charge in [-0.3, -0.25) is 4.79 Å². The molecule has 2 aromatic rings. The van der Waals surface area contributed by atoms with E-state index in [1.807, 2.05) is 0 Å². The summed E-state index contributed by atoms with van der Waals surface area (Å²) in [6, 6.07) is 9.65. The predicted octanol–water partition coefficient (Wildman–Crippen LogP) is 2.85. The third kappa shape index (κ3) is 3.76. The number of aromatic nitrogens is 1. The average molecular weight is 279 g/mol. The van der Waals surface area contributed by atoms with Crippen molar-refractivity contribution in [3.05, 3.63) is 64.7 Å². The summed E-state index contributed by atoms with van der Waals surface area (Å²) in [5.41, 5.74) is 1.01. The van der Waals surface area contributed by atoms with E-state index in [1.165, 1.54) is 12.3 Å². The topological polar surface area (TPSA) is 42.0 Å². The van der Waals surface area contributed by atoms with Crippen LogP contribution in [0.5, 0.6) is 0 Å². The van der Waals surface area contributed by atoms with Gasteiger partial charge in [0.15, 0.2) is 0 Å². The average Bonchev–Trinajstić information content (AvgIpc) is 2.41. The van der Waals surface area contributed by atoms with Crippen LogP contribution in [0.15, 0.2) is 42.6 Å². The van der Waals surface area contributed by atoms with Crippen LogP contribution in [0, 0.1) is 5.82 Å². The molecule has 1 amide bonds. The monoisotopic (exact) mass is 278 g/mol.